The highest BCUT2D eigenvalue weighted by atomic mass is 32.1. The number of hydrogen-bond acceptors (Lipinski definition) is 5. The smallest absolute Gasteiger partial charge is 0.338 e. The van der Waals surface area contributed by atoms with Crippen molar-refractivity contribution in [3.05, 3.63) is 55.3 Å². The molecule has 2 rings (SSSR count). The number of para-hydroxylation sites is 1. The van der Waals surface area contributed by atoms with Gasteiger partial charge in [-0.3, -0.25) is 10.1 Å². The van der Waals surface area contributed by atoms with Crippen molar-refractivity contribution >= 4 is 28.7 Å². The second-order valence-corrected chi connectivity index (χ2v) is 5.91. The molecule has 0 amide bonds. The molecular weight excluding hydrogens is 292 g/mol. The fraction of sp³-hybridized carbons (Fsp3) is 0.214. The number of benzene rings is 1. The van der Waals surface area contributed by atoms with Gasteiger partial charge in [0.25, 0.3) is 5.69 Å². The van der Waals surface area contributed by atoms with Gasteiger partial charge in [0.05, 0.1) is 10.5 Å². The fourth-order valence-electron chi connectivity index (χ4n) is 1.97. The lowest BCUT2D eigenvalue weighted by Gasteiger charge is -2.09. The molecule has 0 radical (unpaired) electrons. The first-order chi connectivity index (χ1) is 9.90. The molecule has 0 saturated carbocycles. The summed E-state index contributed by atoms with van der Waals surface area (Å²) in [4.78, 5) is 23.8. The lowest BCUT2D eigenvalue weighted by Crippen LogP contribution is -2.08. The summed E-state index contributed by atoms with van der Waals surface area (Å²) >= 11 is 1.58. The lowest BCUT2D eigenvalue weighted by atomic mass is 10.1. The molecule has 0 aliphatic rings. The number of nitro groups is 1. The van der Waals surface area contributed by atoms with Gasteiger partial charge in [-0.2, -0.15) is 0 Å². The Balaban J connectivity index is 2.33. The van der Waals surface area contributed by atoms with Crippen LogP contribution >= 0.6 is 11.3 Å². The van der Waals surface area contributed by atoms with Gasteiger partial charge >= 0.3 is 5.97 Å². The monoisotopic (exact) mass is 306 g/mol. The number of aromatic carboxylic acids is 1. The van der Waals surface area contributed by atoms with Crippen LogP contribution in [0.15, 0.2) is 24.3 Å². The molecular formula is C14H14N2O4S. The van der Waals surface area contributed by atoms with Crippen LogP contribution < -0.4 is 5.32 Å². The molecule has 1 aromatic carbocycles. The average Bonchev–Trinajstić information content (AvgIpc) is 2.74. The Hall–Kier alpha value is -2.41. The first kappa shape index (κ1) is 15.0. The van der Waals surface area contributed by atoms with E-state index in [-0.39, 0.29) is 16.9 Å². The average molecular weight is 306 g/mol. The second-order valence-electron chi connectivity index (χ2n) is 4.57. The molecule has 0 spiro atoms. The zero-order valence-corrected chi connectivity index (χ0v) is 12.4. The summed E-state index contributed by atoms with van der Waals surface area (Å²) in [6.45, 7) is 4.34. The number of aryl methyl sites for hydroxylation is 2. The minimum Gasteiger partial charge on any atom is -0.478 e. The molecule has 0 atom stereocenters. The standard InChI is InChI=1S/C14H14N2O4S/c1-8-6-10(21-9(8)2)7-15-13-11(14(17)18)4-3-5-12(13)16(19)20/h3-6,15H,7H2,1-2H3,(H,17,18). The third-order valence-corrected chi connectivity index (χ3v) is 4.28. The van der Waals surface area contributed by atoms with Gasteiger partial charge in [-0.25, -0.2) is 4.79 Å². The minimum atomic E-state index is -1.19. The number of thiophene rings is 1. The Morgan fingerprint density at radius 2 is 2.14 bits per heavy atom. The first-order valence-corrected chi connectivity index (χ1v) is 7.02. The molecule has 7 heteroatoms. The van der Waals surface area contributed by atoms with Crippen LogP contribution in [0.25, 0.3) is 0 Å². The highest BCUT2D eigenvalue weighted by molar-refractivity contribution is 7.12. The van der Waals surface area contributed by atoms with Gasteiger partial charge < -0.3 is 10.4 Å². The third-order valence-electron chi connectivity index (χ3n) is 3.13. The Kier molecular flexibility index (Phi) is 4.23. The normalized spacial score (nSPS) is 10.4. The summed E-state index contributed by atoms with van der Waals surface area (Å²) in [5.74, 6) is -1.19. The first-order valence-electron chi connectivity index (χ1n) is 6.20. The molecule has 0 aliphatic heterocycles. The van der Waals surface area contributed by atoms with Gasteiger partial charge in [0, 0.05) is 22.4 Å². The van der Waals surface area contributed by atoms with Crippen molar-refractivity contribution in [1.29, 1.82) is 0 Å². The fourth-order valence-corrected chi connectivity index (χ4v) is 2.96. The molecule has 0 saturated heterocycles. The molecule has 0 fully saturated rings. The van der Waals surface area contributed by atoms with Crippen LogP contribution in [-0.4, -0.2) is 16.0 Å². The Morgan fingerprint density at radius 1 is 1.43 bits per heavy atom. The summed E-state index contributed by atoms with van der Waals surface area (Å²) in [5.41, 5.74) is 0.852. The second kappa shape index (κ2) is 5.92. The molecule has 6 nitrogen and oxygen atoms in total. The van der Waals surface area contributed by atoms with Crippen molar-refractivity contribution in [2.45, 2.75) is 20.4 Å². The summed E-state index contributed by atoms with van der Waals surface area (Å²) in [7, 11) is 0. The maximum atomic E-state index is 11.2. The van der Waals surface area contributed by atoms with Gasteiger partial charge in [-0.05, 0) is 31.5 Å². The van der Waals surface area contributed by atoms with Crippen LogP contribution in [0, 0.1) is 24.0 Å². The minimum absolute atomic E-state index is 0.0405. The number of nitro benzene ring substituents is 1. The predicted molar refractivity (Wildman–Crippen MR) is 81.2 cm³/mol. The molecule has 110 valence electrons. The van der Waals surface area contributed by atoms with Crippen molar-refractivity contribution in [1.82, 2.24) is 0 Å². The molecule has 21 heavy (non-hydrogen) atoms. The number of carboxylic acids is 1. The Labute approximate surface area is 125 Å². The summed E-state index contributed by atoms with van der Waals surface area (Å²) < 4.78 is 0. The number of carboxylic acid groups (broad SMARTS) is 1. The van der Waals surface area contributed by atoms with Crippen molar-refractivity contribution < 1.29 is 14.8 Å². The molecule has 2 N–H and O–H groups in total. The molecule has 0 unspecified atom stereocenters. The van der Waals surface area contributed by atoms with E-state index in [1.165, 1.54) is 23.1 Å². The molecule has 1 aromatic heterocycles. The Bertz CT molecular complexity index is 657. The van der Waals surface area contributed by atoms with E-state index in [0.717, 1.165) is 10.4 Å². The molecule has 1 heterocycles. The molecule has 2 aromatic rings. The zero-order chi connectivity index (χ0) is 15.6. The number of rotatable bonds is 5. The highest BCUT2D eigenvalue weighted by Crippen LogP contribution is 2.30. The van der Waals surface area contributed by atoms with E-state index in [0.29, 0.717) is 6.54 Å². The van der Waals surface area contributed by atoms with Crippen LogP contribution in [0.2, 0.25) is 0 Å². The maximum absolute atomic E-state index is 11.2. The van der Waals surface area contributed by atoms with E-state index in [1.54, 1.807) is 11.3 Å². The topological polar surface area (TPSA) is 92.5 Å². The van der Waals surface area contributed by atoms with E-state index in [9.17, 15) is 14.9 Å². The largest absolute Gasteiger partial charge is 0.478 e. The van der Waals surface area contributed by atoms with Crippen LogP contribution in [0.3, 0.4) is 0 Å². The quantitative estimate of drug-likeness (QED) is 0.650. The zero-order valence-electron chi connectivity index (χ0n) is 11.5. The number of anilines is 1. The molecule has 0 bridgehead atoms. The number of nitrogens with one attached hydrogen (secondary N) is 1. The van der Waals surface area contributed by atoms with Gasteiger partial charge in [0.1, 0.15) is 5.69 Å². The lowest BCUT2D eigenvalue weighted by molar-refractivity contribution is -0.384. The summed E-state index contributed by atoms with van der Waals surface area (Å²) in [6, 6.07) is 6.00. The van der Waals surface area contributed by atoms with E-state index >= 15 is 0 Å². The number of nitrogens with zero attached hydrogens (tertiary/aromatic N) is 1. The van der Waals surface area contributed by atoms with Gasteiger partial charge in [-0.15, -0.1) is 11.3 Å². The van der Waals surface area contributed by atoms with E-state index in [1.807, 2.05) is 19.9 Å². The van der Waals surface area contributed by atoms with Gasteiger partial charge in [0.15, 0.2) is 0 Å². The van der Waals surface area contributed by atoms with Crippen LogP contribution in [0.4, 0.5) is 11.4 Å². The predicted octanol–water partition coefficient (Wildman–Crippen LogP) is 3.58. The highest BCUT2D eigenvalue weighted by Gasteiger charge is 2.21. The van der Waals surface area contributed by atoms with Gasteiger partial charge in [-0.1, -0.05) is 6.07 Å². The third kappa shape index (κ3) is 3.19. The van der Waals surface area contributed by atoms with E-state index < -0.39 is 10.9 Å². The van der Waals surface area contributed by atoms with Crippen molar-refractivity contribution in [3.8, 4) is 0 Å². The van der Waals surface area contributed by atoms with E-state index in [4.69, 9.17) is 5.11 Å². The maximum Gasteiger partial charge on any atom is 0.338 e. The van der Waals surface area contributed by atoms with Crippen LogP contribution in [0.1, 0.15) is 25.7 Å². The van der Waals surface area contributed by atoms with Crippen molar-refractivity contribution in [3.63, 3.8) is 0 Å². The van der Waals surface area contributed by atoms with Crippen molar-refractivity contribution in [2.24, 2.45) is 0 Å². The van der Waals surface area contributed by atoms with Crippen molar-refractivity contribution in [2.75, 3.05) is 5.32 Å². The van der Waals surface area contributed by atoms with Crippen LogP contribution in [-0.2, 0) is 6.54 Å². The number of hydrogen-bond donors (Lipinski definition) is 2. The summed E-state index contributed by atoms with van der Waals surface area (Å²) in [6.07, 6.45) is 0. The Morgan fingerprint density at radius 3 is 2.67 bits per heavy atom. The van der Waals surface area contributed by atoms with Crippen LogP contribution in [0.5, 0.6) is 0 Å². The van der Waals surface area contributed by atoms with E-state index in [2.05, 4.69) is 5.32 Å². The number of carbonyl (C=O) groups is 1. The SMILES string of the molecule is Cc1cc(CNc2c(C(=O)O)cccc2[N+](=O)[O-])sc1C. The van der Waals surface area contributed by atoms with Gasteiger partial charge in [0.2, 0.25) is 0 Å². The molecule has 0 aliphatic carbocycles. The summed E-state index contributed by atoms with van der Waals surface area (Å²) in [5, 5.41) is 23.1.